The highest BCUT2D eigenvalue weighted by Crippen LogP contribution is 2.31. The van der Waals surface area contributed by atoms with Crippen LogP contribution in [0.15, 0.2) is 65.9 Å². The van der Waals surface area contributed by atoms with Crippen LogP contribution < -0.4 is 5.32 Å². The number of oxime groups is 1. The Hall–Kier alpha value is -3.69. The van der Waals surface area contributed by atoms with E-state index in [1.165, 1.54) is 37.6 Å². The largest absolute Gasteiger partial charge is 0.507 e. The van der Waals surface area contributed by atoms with E-state index in [0.717, 1.165) is 0 Å². The molecule has 4 unspecified atom stereocenters. The van der Waals surface area contributed by atoms with Gasteiger partial charge in [-0.05, 0) is 23.8 Å². The van der Waals surface area contributed by atoms with Gasteiger partial charge in [0, 0.05) is 12.6 Å². The number of epoxide rings is 1. The monoisotopic (exact) mass is 440 g/mol. The summed E-state index contributed by atoms with van der Waals surface area (Å²) in [6, 6.07) is 4.67. The van der Waals surface area contributed by atoms with Gasteiger partial charge in [-0.25, -0.2) is 4.79 Å². The fraction of sp³-hybridized carbons (Fsp3) is 0.261. The first-order valence-electron chi connectivity index (χ1n) is 9.90. The SMILES string of the molecule is CON=CC=CC(=O)NCC=CC1OC(=O)c2c(O)cccc2C=CC=CC2OC2C1O. The Balaban J connectivity index is 1.73. The number of esters is 1. The Morgan fingerprint density at radius 1 is 1.34 bits per heavy atom. The Morgan fingerprint density at radius 3 is 3.00 bits per heavy atom. The topological polar surface area (TPSA) is 130 Å². The van der Waals surface area contributed by atoms with Gasteiger partial charge in [-0.3, -0.25) is 4.79 Å². The molecular weight excluding hydrogens is 416 g/mol. The number of aliphatic hydroxyl groups is 1. The molecule has 1 aromatic rings. The molecule has 9 heteroatoms. The van der Waals surface area contributed by atoms with Crippen molar-refractivity contribution in [3.63, 3.8) is 0 Å². The van der Waals surface area contributed by atoms with Crippen LogP contribution in [0, 0.1) is 0 Å². The quantitative estimate of drug-likeness (QED) is 0.153. The zero-order chi connectivity index (χ0) is 22.9. The van der Waals surface area contributed by atoms with Crippen molar-refractivity contribution in [3.8, 4) is 5.75 Å². The van der Waals surface area contributed by atoms with E-state index < -0.39 is 24.3 Å². The van der Waals surface area contributed by atoms with Crippen molar-refractivity contribution in [2.45, 2.75) is 24.4 Å². The van der Waals surface area contributed by atoms with Gasteiger partial charge in [-0.2, -0.15) is 0 Å². The predicted molar refractivity (Wildman–Crippen MR) is 117 cm³/mol. The first kappa shape index (κ1) is 23.0. The molecule has 32 heavy (non-hydrogen) atoms. The molecule has 2 heterocycles. The van der Waals surface area contributed by atoms with Crippen LogP contribution in [0.3, 0.4) is 0 Å². The Kier molecular flexibility index (Phi) is 7.96. The molecule has 2 aliphatic heterocycles. The number of carbonyl (C=O) groups is 2. The summed E-state index contributed by atoms with van der Waals surface area (Å²) in [5.74, 6) is -1.38. The zero-order valence-corrected chi connectivity index (χ0v) is 17.3. The third kappa shape index (κ3) is 6.16. The Morgan fingerprint density at radius 2 is 2.19 bits per heavy atom. The van der Waals surface area contributed by atoms with E-state index in [1.54, 1.807) is 42.5 Å². The van der Waals surface area contributed by atoms with Crippen LogP contribution in [0.1, 0.15) is 15.9 Å². The fourth-order valence-electron chi connectivity index (χ4n) is 3.06. The van der Waals surface area contributed by atoms with Crippen LogP contribution in [0.25, 0.3) is 6.08 Å². The fourth-order valence-corrected chi connectivity index (χ4v) is 3.06. The Bertz CT molecular complexity index is 981. The summed E-state index contributed by atoms with van der Waals surface area (Å²) >= 11 is 0. The summed E-state index contributed by atoms with van der Waals surface area (Å²) in [6.45, 7) is 0.130. The number of phenols is 1. The number of amides is 1. The molecule has 0 radical (unpaired) electrons. The highest BCUT2D eigenvalue weighted by atomic mass is 16.6. The van der Waals surface area contributed by atoms with E-state index in [-0.39, 0.29) is 29.9 Å². The third-order valence-corrected chi connectivity index (χ3v) is 4.66. The second-order valence-electron chi connectivity index (χ2n) is 6.88. The minimum absolute atomic E-state index is 0.00671. The van der Waals surface area contributed by atoms with E-state index >= 15 is 0 Å². The number of fused-ring (bicyclic) bond motifs is 2. The van der Waals surface area contributed by atoms with Crippen LogP contribution in [-0.2, 0) is 19.1 Å². The van der Waals surface area contributed by atoms with Gasteiger partial charge in [0.25, 0.3) is 0 Å². The van der Waals surface area contributed by atoms with Crippen LogP contribution >= 0.6 is 0 Å². The molecule has 3 rings (SSSR count). The molecule has 1 aromatic carbocycles. The molecule has 3 N–H and O–H groups in total. The molecule has 9 nitrogen and oxygen atoms in total. The van der Waals surface area contributed by atoms with E-state index in [0.29, 0.717) is 5.56 Å². The first-order chi connectivity index (χ1) is 15.5. The highest BCUT2D eigenvalue weighted by Gasteiger charge is 2.46. The molecular formula is C23H24N2O7. The van der Waals surface area contributed by atoms with Gasteiger partial charge in [0.1, 0.15) is 42.8 Å². The third-order valence-electron chi connectivity index (χ3n) is 4.66. The minimum atomic E-state index is -1.14. The number of ether oxygens (including phenoxy) is 2. The minimum Gasteiger partial charge on any atom is -0.507 e. The van der Waals surface area contributed by atoms with Gasteiger partial charge >= 0.3 is 5.97 Å². The van der Waals surface area contributed by atoms with Crippen LogP contribution in [-0.4, -0.2) is 66.4 Å². The van der Waals surface area contributed by atoms with Crippen LogP contribution in [0.5, 0.6) is 5.75 Å². The summed E-state index contributed by atoms with van der Waals surface area (Å²) in [4.78, 5) is 29.0. The molecule has 0 bridgehead atoms. The number of nitrogens with zero attached hydrogens (tertiary/aromatic N) is 1. The highest BCUT2D eigenvalue weighted by molar-refractivity contribution is 5.96. The van der Waals surface area contributed by atoms with Crippen molar-refractivity contribution >= 4 is 24.2 Å². The molecule has 1 amide bonds. The summed E-state index contributed by atoms with van der Waals surface area (Å²) in [5.41, 5.74) is 0.467. The molecule has 1 fully saturated rings. The molecule has 0 spiro atoms. The molecule has 0 saturated carbocycles. The summed E-state index contributed by atoms with van der Waals surface area (Å²) in [5, 5.41) is 27.0. The predicted octanol–water partition coefficient (Wildman–Crippen LogP) is 1.49. The number of nitrogens with one attached hydrogen (secondary N) is 1. The van der Waals surface area contributed by atoms with Gasteiger partial charge in [-0.15, -0.1) is 0 Å². The van der Waals surface area contributed by atoms with Crippen molar-refractivity contribution in [1.29, 1.82) is 0 Å². The van der Waals surface area contributed by atoms with Crippen molar-refractivity contribution in [2.24, 2.45) is 5.16 Å². The number of benzene rings is 1. The van der Waals surface area contributed by atoms with Crippen LogP contribution in [0.4, 0.5) is 0 Å². The molecule has 1 saturated heterocycles. The maximum Gasteiger partial charge on any atom is 0.343 e. The van der Waals surface area contributed by atoms with Crippen molar-refractivity contribution in [2.75, 3.05) is 13.7 Å². The van der Waals surface area contributed by atoms with Gasteiger partial charge in [-0.1, -0.05) is 47.7 Å². The number of phenolic OH excluding ortho intramolecular Hbond substituents is 1. The number of hydrogen-bond acceptors (Lipinski definition) is 8. The number of rotatable bonds is 6. The lowest BCUT2D eigenvalue weighted by molar-refractivity contribution is -0.116. The van der Waals surface area contributed by atoms with E-state index in [1.807, 2.05) is 0 Å². The molecule has 4 atom stereocenters. The number of cyclic esters (lactones) is 1. The summed E-state index contributed by atoms with van der Waals surface area (Å²) in [6.07, 6.45) is 10.9. The smallest absolute Gasteiger partial charge is 0.343 e. The lowest BCUT2D eigenvalue weighted by Crippen LogP contribution is -2.35. The number of allylic oxidation sites excluding steroid dienone is 3. The average Bonchev–Trinajstić information content (AvgIpc) is 3.54. The van der Waals surface area contributed by atoms with Crippen molar-refractivity contribution in [3.05, 3.63) is 71.9 Å². The van der Waals surface area contributed by atoms with Gasteiger partial charge < -0.3 is 29.8 Å². The lowest BCUT2D eigenvalue weighted by atomic mass is 10.0. The molecule has 0 aromatic heterocycles. The van der Waals surface area contributed by atoms with Gasteiger partial charge in [0.2, 0.25) is 5.91 Å². The van der Waals surface area contributed by atoms with Gasteiger partial charge in [0.05, 0.1) is 6.21 Å². The number of aromatic hydroxyl groups is 1. The van der Waals surface area contributed by atoms with E-state index in [4.69, 9.17) is 9.47 Å². The maximum atomic E-state index is 12.8. The van der Waals surface area contributed by atoms with E-state index in [9.17, 15) is 19.8 Å². The number of aliphatic hydroxyl groups excluding tert-OH is 1. The number of carbonyl (C=O) groups excluding carboxylic acids is 2. The standard InChI is InChI=1S/C23H24N2O7/c1-30-25-14-6-12-19(27)24-13-5-11-17-21(28)22-18(31-22)10-3-2-7-15-8-4-9-16(26)20(15)23(29)32-17/h2-12,14,17-18,21-22,26,28H,13H2,1H3,(H,24,27). The molecule has 2 aliphatic rings. The van der Waals surface area contributed by atoms with E-state index in [2.05, 4.69) is 15.3 Å². The lowest BCUT2D eigenvalue weighted by Gasteiger charge is -2.20. The zero-order valence-electron chi connectivity index (χ0n) is 17.3. The average molecular weight is 440 g/mol. The maximum absolute atomic E-state index is 12.8. The second kappa shape index (κ2) is 11.1. The molecule has 168 valence electrons. The van der Waals surface area contributed by atoms with Gasteiger partial charge in [0.15, 0.2) is 0 Å². The normalized spacial score (nSPS) is 25.1. The van der Waals surface area contributed by atoms with Crippen molar-refractivity contribution < 1.29 is 34.1 Å². The second-order valence-corrected chi connectivity index (χ2v) is 6.88. The van der Waals surface area contributed by atoms with Crippen molar-refractivity contribution in [1.82, 2.24) is 5.32 Å². The first-order valence-corrected chi connectivity index (χ1v) is 9.90. The Labute approximate surface area is 185 Å². The number of hydrogen-bond donors (Lipinski definition) is 3. The van der Waals surface area contributed by atoms with Crippen LogP contribution in [0.2, 0.25) is 0 Å². The summed E-state index contributed by atoms with van der Waals surface area (Å²) < 4.78 is 11.0. The summed E-state index contributed by atoms with van der Waals surface area (Å²) in [7, 11) is 1.39. The molecule has 0 aliphatic carbocycles.